The maximum Gasteiger partial charge on any atom is 0.0233 e. The van der Waals surface area contributed by atoms with Crippen LogP contribution in [0.4, 0.5) is 0 Å². The smallest absolute Gasteiger partial charge is 0.0233 e. The van der Waals surface area contributed by atoms with E-state index in [1.807, 2.05) is 0 Å². The molecule has 0 bridgehead atoms. The Bertz CT molecular complexity index is 39.1. The molecular weight excluding hydrogens is 90.1 g/mol. The number of hydrogen-bond donors (Lipinski definition) is 2. The highest BCUT2D eigenvalue weighted by Gasteiger charge is 1.92. The van der Waals surface area contributed by atoms with E-state index >= 15 is 0 Å². The van der Waals surface area contributed by atoms with E-state index in [1.165, 1.54) is 0 Å². The molecule has 0 amide bonds. The van der Waals surface area contributed by atoms with Crippen molar-refractivity contribution in [2.24, 2.45) is 5.92 Å². The topological polar surface area (TPSA) is 32.3 Å². The molecule has 0 saturated heterocycles. The van der Waals surface area contributed by atoms with Crippen LogP contribution >= 0.6 is 0 Å². The molecule has 0 fully saturated rings. The van der Waals surface area contributed by atoms with Gasteiger partial charge in [0.1, 0.15) is 0 Å². The molecule has 2 nitrogen and oxygen atoms in total. The van der Waals surface area contributed by atoms with Gasteiger partial charge in [-0.15, -0.1) is 0 Å². The van der Waals surface area contributed by atoms with Crippen molar-refractivity contribution in [3.8, 4) is 0 Å². The van der Waals surface area contributed by atoms with Gasteiger partial charge in [0.05, 0.1) is 0 Å². The first-order valence-electron chi connectivity index (χ1n) is 2.68. The molecule has 1 atom stereocenters. The first-order valence-corrected chi connectivity index (χ1v) is 2.68. The Labute approximate surface area is 44.5 Å². The van der Waals surface area contributed by atoms with Crippen LogP contribution in [0.5, 0.6) is 0 Å². The van der Waals surface area contributed by atoms with Gasteiger partial charge in [-0.05, 0) is 5.92 Å². The maximum atomic E-state index is 8.12. The summed E-state index contributed by atoms with van der Waals surface area (Å²) in [7, 11) is 0. The van der Waals surface area contributed by atoms with Crippen LogP contribution in [-0.2, 0) is 0 Å². The number of rotatable bonds is 3. The lowest BCUT2D eigenvalue weighted by Crippen LogP contribution is -2.15. The molecule has 2 N–H and O–H groups in total. The summed E-state index contributed by atoms with van der Waals surface area (Å²) in [5.41, 5.74) is 2.12. The van der Waals surface area contributed by atoms with Crippen LogP contribution in [0.1, 0.15) is 20.3 Å². The van der Waals surface area contributed by atoms with Gasteiger partial charge in [-0.3, -0.25) is 0 Å². The van der Waals surface area contributed by atoms with E-state index in [2.05, 4.69) is 19.3 Å². The highest BCUT2D eigenvalue weighted by atomic mass is 16.5. The molecule has 0 radical (unpaired) electrons. The fourth-order valence-electron chi connectivity index (χ4n) is 0.300. The summed E-state index contributed by atoms with van der Waals surface area (Å²) < 4.78 is 0. The van der Waals surface area contributed by atoms with Crippen molar-refractivity contribution >= 4 is 0 Å². The summed E-state index contributed by atoms with van der Waals surface area (Å²) in [6.45, 7) is 4.89. The Morgan fingerprint density at radius 2 is 2.29 bits per heavy atom. The van der Waals surface area contributed by atoms with Crippen LogP contribution in [-0.4, -0.2) is 11.8 Å². The Hall–Kier alpha value is -0.0800. The molecule has 0 spiro atoms. The Morgan fingerprint density at radius 3 is 2.43 bits per heavy atom. The standard InChI is InChI=1S/C5H13NO/c1-3-5(2)4-6-7/h5-7H,3-4H2,1-2H3. The van der Waals surface area contributed by atoms with Crippen LogP contribution in [0.3, 0.4) is 0 Å². The molecule has 0 saturated carbocycles. The van der Waals surface area contributed by atoms with Gasteiger partial charge in [0.2, 0.25) is 0 Å². The second kappa shape index (κ2) is 4.09. The van der Waals surface area contributed by atoms with Crippen molar-refractivity contribution in [1.82, 2.24) is 5.48 Å². The molecule has 1 unspecified atom stereocenters. The fourth-order valence-corrected chi connectivity index (χ4v) is 0.300. The molecule has 0 aromatic heterocycles. The Morgan fingerprint density at radius 1 is 1.71 bits per heavy atom. The van der Waals surface area contributed by atoms with Crippen molar-refractivity contribution in [2.75, 3.05) is 6.54 Å². The van der Waals surface area contributed by atoms with Crippen LogP contribution in [0.15, 0.2) is 0 Å². The lowest BCUT2D eigenvalue weighted by atomic mass is 10.1. The van der Waals surface area contributed by atoms with E-state index in [0.717, 1.165) is 6.42 Å². The van der Waals surface area contributed by atoms with E-state index in [0.29, 0.717) is 12.5 Å². The van der Waals surface area contributed by atoms with E-state index in [9.17, 15) is 0 Å². The predicted octanol–water partition coefficient (Wildman–Crippen LogP) is 1.01. The Kier molecular flexibility index (Phi) is 4.04. The monoisotopic (exact) mass is 103 g/mol. The molecule has 44 valence electrons. The van der Waals surface area contributed by atoms with Crippen molar-refractivity contribution < 1.29 is 5.21 Å². The van der Waals surface area contributed by atoms with Crippen molar-refractivity contribution in [3.05, 3.63) is 0 Å². The molecule has 7 heavy (non-hydrogen) atoms. The third-order valence-electron chi connectivity index (χ3n) is 1.14. The summed E-state index contributed by atoms with van der Waals surface area (Å²) in [5, 5.41) is 8.12. The molecule has 0 aliphatic heterocycles. The van der Waals surface area contributed by atoms with Crippen LogP contribution < -0.4 is 5.48 Å². The van der Waals surface area contributed by atoms with E-state index < -0.39 is 0 Å². The van der Waals surface area contributed by atoms with Crippen LogP contribution in [0, 0.1) is 5.92 Å². The third kappa shape index (κ3) is 3.76. The fraction of sp³-hybridized carbons (Fsp3) is 1.00. The van der Waals surface area contributed by atoms with Gasteiger partial charge in [-0.2, -0.15) is 0 Å². The lowest BCUT2D eigenvalue weighted by Gasteiger charge is -2.03. The zero-order valence-electron chi connectivity index (χ0n) is 4.94. The average molecular weight is 103 g/mol. The van der Waals surface area contributed by atoms with Gasteiger partial charge in [0, 0.05) is 6.54 Å². The number of hydrogen-bond acceptors (Lipinski definition) is 2. The largest absolute Gasteiger partial charge is 0.317 e. The lowest BCUT2D eigenvalue weighted by molar-refractivity contribution is 0.151. The molecule has 0 rings (SSSR count). The second-order valence-electron chi connectivity index (χ2n) is 1.88. The zero-order valence-corrected chi connectivity index (χ0v) is 4.94. The summed E-state index contributed by atoms with van der Waals surface area (Å²) in [6, 6.07) is 0. The third-order valence-corrected chi connectivity index (χ3v) is 1.14. The first-order chi connectivity index (χ1) is 3.31. The highest BCUT2D eigenvalue weighted by molar-refractivity contribution is 4.46. The zero-order chi connectivity index (χ0) is 5.70. The van der Waals surface area contributed by atoms with Gasteiger partial charge in [-0.1, -0.05) is 20.3 Å². The van der Waals surface area contributed by atoms with Gasteiger partial charge in [-0.25, -0.2) is 5.48 Å². The van der Waals surface area contributed by atoms with Crippen molar-refractivity contribution in [2.45, 2.75) is 20.3 Å². The minimum Gasteiger partial charge on any atom is -0.317 e. The summed E-state index contributed by atoms with van der Waals surface area (Å²) in [6.07, 6.45) is 1.12. The van der Waals surface area contributed by atoms with E-state index in [1.54, 1.807) is 0 Å². The SMILES string of the molecule is CCC(C)CNO. The van der Waals surface area contributed by atoms with Crippen LogP contribution in [0.25, 0.3) is 0 Å². The molecule has 0 aliphatic rings. The van der Waals surface area contributed by atoms with Gasteiger partial charge in [0.25, 0.3) is 0 Å². The van der Waals surface area contributed by atoms with Gasteiger partial charge < -0.3 is 5.21 Å². The average Bonchev–Trinajstić information content (AvgIpc) is 1.68. The minimum atomic E-state index is 0.588. The normalized spacial score (nSPS) is 14.1. The summed E-state index contributed by atoms with van der Waals surface area (Å²) in [5.74, 6) is 0.588. The molecule has 0 aliphatic carbocycles. The molecule has 0 aromatic rings. The summed E-state index contributed by atoms with van der Waals surface area (Å²) in [4.78, 5) is 0. The van der Waals surface area contributed by atoms with Crippen LogP contribution in [0.2, 0.25) is 0 Å². The first kappa shape index (κ1) is 6.92. The molecule has 2 heteroatoms. The van der Waals surface area contributed by atoms with Crippen molar-refractivity contribution in [1.29, 1.82) is 0 Å². The molecular formula is C5H13NO. The van der Waals surface area contributed by atoms with E-state index in [-0.39, 0.29) is 0 Å². The quantitative estimate of drug-likeness (QED) is 0.522. The predicted molar refractivity (Wildman–Crippen MR) is 29.2 cm³/mol. The second-order valence-corrected chi connectivity index (χ2v) is 1.88. The van der Waals surface area contributed by atoms with Gasteiger partial charge >= 0.3 is 0 Å². The molecule has 0 heterocycles. The van der Waals surface area contributed by atoms with E-state index in [4.69, 9.17) is 5.21 Å². The number of nitrogens with one attached hydrogen (secondary N) is 1. The minimum absolute atomic E-state index is 0.588. The maximum absolute atomic E-state index is 8.12. The van der Waals surface area contributed by atoms with Crippen molar-refractivity contribution in [3.63, 3.8) is 0 Å². The molecule has 0 aromatic carbocycles. The highest BCUT2D eigenvalue weighted by Crippen LogP contribution is 1.95. The summed E-state index contributed by atoms with van der Waals surface area (Å²) >= 11 is 0. The number of hydroxylamine groups is 1. The Balaban J connectivity index is 2.83. The van der Waals surface area contributed by atoms with Gasteiger partial charge in [0.15, 0.2) is 0 Å².